The minimum Gasteiger partial charge on any atom is -0.481 e. The second-order valence-electron chi connectivity index (χ2n) is 4.03. The molecule has 0 amide bonds. The van der Waals surface area contributed by atoms with E-state index in [1.54, 1.807) is 16.8 Å². The first-order valence-electron chi connectivity index (χ1n) is 5.65. The molecule has 0 radical (unpaired) electrons. The van der Waals surface area contributed by atoms with Gasteiger partial charge in [0, 0.05) is 10.6 Å². The normalized spacial score (nSPS) is 10.4. The Balaban J connectivity index is 2.22. The number of aromatic nitrogens is 2. The number of benzene rings is 1. The Morgan fingerprint density at radius 2 is 2.11 bits per heavy atom. The highest BCUT2D eigenvalue weighted by Gasteiger charge is 2.14. The van der Waals surface area contributed by atoms with E-state index in [9.17, 15) is 4.79 Å². The zero-order valence-electron chi connectivity index (χ0n) is 10.3. The summed E-state index contributed by atoms with van der Waals surface area (Å²) in [7, 11) is 1.50. The van der Waals surface area contributed by atoms with Crippen LogP contribution in [0.4, 0.5) is 0 Å². The molecule has 1 aromatic heterocycles. The van der Waals surface area contributed by atoms with Crippen LogP contribution in [0, 0.1) is 0 Å². The van der Waals surface area contributed by atoms with Gasteiger partial charge in [-0.1, -0.05) is 23.7 Å². The molecule has 0 fully saturated rings. The molecule has 19 heavy (non-hydrogen) atoms. The first kappa shape index (κ1) is 13.4. The average molecular weight is 281 g/mol. The SMILES string of the molecule is COc1c(CC(=O)O)cnn1Cc1ccc(Cl)cc1. The predicted molar refractivity (Wildman–Crippen MR) is 70.7 cm³/mol. The van der Waals surface area contributed by atoms with Gasteiger partial charge in [0.25, 0.3) is 0 Å². The molecule has 0 atom stereocenters. The van der Waals surface area contributed by atoms with Crippen LogP contribution in [0.5, 0.6) is 5.88 Å². The standard InChI is InChI=1S/C13H13ClN2O3/c1-19-13-10(6-12(17)18)7-15-16(13)8-9-2-4-11(14)5-3-9/h2-5,7H,6,8H2,1H3,(H,17,18). The zero-order valence-corrected chi connectivity index (χ0v) is 11.1. The van der Waals surface area contributed by atoms with Crippen molar-refractivity contribution in [2.45, 2.75) is 13.0 Å². The van der Waals surface area contributed by atoms with Crippen molar-refractivity contribution in [3.05, 3.63) is 46.6 Å². The van der Waals surface area contributed by atoms with Crippen molar-refractivity contribution < 1.29 is 14.6 Å². The summed E-state index contributed by atoms with van der Waals surface area (Å²) in [6, 6.07) is 7.37. The number of aliphatic carboxylic acids is 1. The summed E-state index contributed by atoms with van der Waals surface area (Å²) in [5, 5.41) is 13.6. The summed E-state index contributed by atoms with van der Waals surface area (Å²) in [6.45, 7) is 0.500. The number of carbonyl (C=O) groups is 1. The average Bonchev–Trinajstić information content (AvgIpc) is 2.73. The maximum atomic E-state index is 10.7. The first-order chi connectivity index (χ1) is 9.10. The van der Waals surface area contributed by atoms with Gasteiger partial charge in [0.05, 0.1) is 26.3 Å². The number of carboxylic acid groups (broad SMARTS) is 1. The fourth-order valence-electron chi connectivity index (χ4n) is 1.81. The Morgan fingerprint density at radius 1 is 1.42 bits per heavy atom. The molecule has 5 nitrogen and oxygen atoms in total. The molecule has 0 bridgehead atoms. The van der Waals surface area contributed by atoms with Gasteiger partial charge in [-0.15, -0.1) is 0 Å². The van der Waals surface area contributed by atoms with E-state index in [2.05, 4.69) is 5.10 Å². The highest BCUT2D eigenvalue weighted by Crippen LogP contribution is 2.20. The number of nitrogens with zero attached hydrogens (tertiary/aromatic N) is 2. The van der Waals surface area contributed by atoms with Crippen molar-refractivity contribution in [1.29, 1.82) is 0 Å². The van der Waals surface area contributed by atoms with E-state index in [0.29, 0.717) is 23.0 Å². The van der Waals surface area contributed by atoms with E-state index >= 15 is 0 Å². The highest BCUT2D eigenvalue weighted by atomic mass is 35.5. The van der Waals surface area contributed by atoms with Crippen LogP contribution >= 0.6 is 11.6 Å². The summed E-state index contributed by atoms with van der Waals surface area (Å²) >= 11 is 5.82. The van der Waals surface area contributed by atoms with E-state index < -0.39 is 5.97 Å². The number of carboxylic acids is 1. The molecule has 100 valence electrons. The van der Waals surface area contributed by atoms with Crippen molar-refractivity contribution in [2.24, 2.45) is 0 Å². The fourth-order valence-corrected chi connectivity index (χ4v) is 1.93. The van der Waals surface area contributed by atoms with Crippen molar-refractivity contribution in [3.63, 3.8) is 0 Å². The summed E-state index contributed by atoms with van der Waals surface area (Å²) in [5.41, 5.74) is 1.57. The topological polar surface area (TPSA) is 64.3 Å². The lowest BCUT2D eigenvalue weighted by molar-refractivity contribution is -0.136. The Labute approximate surface area is 115 Å². The molecule has 0 aliphatic carbocycles. The third-order valence-corrected chi connectivity index (χ3v) is 2.89. The predicted octanol–water partition coefficient (Wildman–Crippen LogP) is 2.22. The smallest absolute Gasteiger partial charge is 0.308 e. The monoisotopic (exact) mass is 280 g/mol. The molecule has 2 rings (SSSR count). The molecule has 2 aromatic rings. The molecule has 1 N–H and O–H groups in total. The van der Waals surface area contributed by atoms with Gasteiger partial charge in [0.1, 0.15) is 0 Å². The number of halogens is 1. The largest absolute Gasteiger partial charge is 0.481 e. The fraction of sp³-hybridized carbons (Fsp3) is 0.231. The maximum Gasteiger partial charge on any atom is 0.308 e. The van der Waals surface area contributed by atoms with Gasteiger partial charge in [0.2, 0.25) is 5.88 Å². The first-order valence-corrected chi connectivity index (χ1v) is 6.03. The van der Waals surface area contributed by atoms with E-state index in [-0.39, 0.29) is 6.42 Å². The molecule has 0 unspecified atom stereocenters. The van der Waals surface area contributed by atoms with Gasteiger partial charge < -0.3 is 9.84 Å². The summed E-state index contributed by atoms with van der Waals surface area (Å²) < 4.78 is 6.85. The van der Waals surface area contributed by atoms with Crippen LogP contribution in [-0.2, 0) is 17.8 Å². The summed E-state index contributed by atoms with van der Waals surface area (Å²) in [4.78, 5) is 10.7. The summed E-state index contributed by atoms with van der Waals surface area (Å²) in [6.07, 6.45) is 1.41. The second-order valence-corrected chi connectivity index (χ2v) is 4.47. The molecule has 0 aliphatic rings. The van der Waals surface area contributed by atoms with E-state index in [4.69, 9.17) is 21.4 Å². The Bertz CT molecular complexity index is 578. The van der Waals surface area contributed by atoms with Gasteiger partial charge in [-0.25, -0.2) is 4.68 Å². The van der Waals surface area contributed by atoms with Crippen LogP contribution in [0.3, 0.4) is 0 Å². The maximum absolute atomic E-state index is 10.7. The van der Waals surface area contributed by atoms with Gasteiger partial charge in [0.15, 0.2) is 0 Å². The molecule has 1 heterocycles. The van der Waals surface area contributed by atoms with E-state index in [1.807, 2.05) is 12.1 Å². The summed E-state index contributed by atoms with van der Waals surface area (Å²) in [5.74, 6) is -0.443. The molecule has 0 saturated carbocycles. The van der Waals surface area contributed by atoms with Crippen molar-refractivity contribution >= 4 is 17.6 Å². The van der Waals surface area contributed by atoms with Crippen molar-refractivity contribution in [3.8, 4) is 5.88 Å². The molecular weight excluding hydrogens is 268 g/mol. The van der Waals surface area contributed by atoms with Crippen LogP contribution in [-0.4, -0.2) is 28.0 Å². The van der Waals surface area contributed by atoms with Crippen LogP contribution in [0.25, 0.3) is 0 Å². The zero-order chi connectivity index (χ0) is 13.8. The lowest BCUT2D eigenvalue weighted by Crippen LogP contribution is -2.06. The van der Waals surface area contributed by atoms with Crippen LogP contribution < -0.4 is 4.74 Å². The lowest BCUT2D eigenvalue weighted by atomic mass is 10.2. The Kier molecular flexibility index (Phi) is 4.06. The van der Waals surface area contributed by atoms with Crippen molar-refractivity contribution in [1.82, 2.24) is 9.78 Å². The second kappa shape index (κ2) is 5.75. The lowest BCUT2D eigenvalue weighted by Gasteiger charge is -2.07. The van der Waals surface area contributed by atoms with Gasteiger partial charge in [-0.2, -0.15) is 5.10 Å². The molecule has 1 aromatic carbocycles. The van der Waals surface area contributed by atoms with Gasteiger partial charge in [-0.05, 0) is 17.7 Å². The van der Waals surface area contributed by atoms with Crippen LogP contribution in [0.15, 0.2) is 30.5 Å². The molecular formula is C13H13ClN2O3. The van der Waals surface area contributed by atoms with E-state index in [0.717, 1.165) is 5.56 Å². The minimum absolute atomic E-state index is 0.107. The third-order valence-electron chi connectivity index (χ3n) is 2.64. The molecule has 0 spiro atoms. The number of ether oxygens (including phenoxy) is 1. The third kappa shape index (κ3) is 3.26. The molecule has 0 aliphatic heterocycles. The molecule has 0 saturated heterocycles. The number of hydrogen-bond donors (Lipinski definition) is 1. The van der Waals surface area contributed by atoms with Crippen LogP contribution in [0.1, 0.15) is 11.1 Å². The van der Waals surface area contributed by atoms with E-state index in [1.165, 1.54) is 13.3 Å². The van der Waals surface area contributed by atoms with Crippen LogP contribution in [0.2, 0.25) is 5.02 Å². The number of rotatable bonds is 5. The highest BCUT2D eigenvalue weighted by molar-refractivity contribution is 6.30. The van der Waals surface area contributed by atoms with Crippen molar-refractivity contribution in [2.75, 3.05) is 7.11 Å². The van der Waals surface area contributed by atoms with Gasteiger partial charge in [-0.3, -0.25) is 4.79 Å². The van der Waals surface area contributed by atoms with Gasteiger partial charge >= 0.3 is 5.97 Å². The number of hydrogen-bond acceptors (Lipinski definition) is 3. The quantitative estimate of drug-likeness (QED) is 0.912. The number of methoxy groups -OCH3 is 1. The Hall–Kier alpha value is -2.01. The molecule has 6 heteroatoms. The Morgan fingerprint density at radius 3 is 2.68 bits per heavy atom. The minimum atomic E-state index is -0.913.